The van der Waals surface area contributed by atoms with Gasteiger partial charge in [0.25, 0.3) is 5.91 Å². The summed E-state index contributed by atoms with van der Waals surface area (Å²) in [5.74, 6) is 0.537. The Labute approximate surface area is 138 Å². The molecular formula is C15H24Cl2N2O2. The molecule has 0 fully saturated rings. The quantitative estimate of drug-likeness (QED) is 0.718. The summed E-state index contributed by atoms with van der Waals surface area (Å²) in [7, 11) is 0. The van der Waals surface area contributed by atoms with Gasteiger partial charge in [0.1, 0.15) is 5.75 Å². The van der Waals surface area contributed by atoms with Gasteiger partial charge < -0.3 is 15.4 Å². The van der Waals surface area contributed by atoms with Crippen LogP contribution in [-0.2, 0) is 4.79 Å². The van der Waals surface area contributed by atoms with Gasteiger partial charge in [-0.25, -0.2) is 0 Å². The predicted molar refractivity (Wildman–Crippen MR) is 89.7 cm³/mol. The molecule has 6 heteroatoms. The molecule has 0 radical (unpaired) electrons. The van der Waals surface area contributed by atoms with E-state index in [1.54, 1.807) is 19.1 Å². The third kappa shape index (κ3) is 7.55. The Morgan fingerprint density at radius 2 is 2.05 bits per heavy atom. The van der Waals surface area contributed by atoms with Crippen molar-refractivity contribution in [3.05, 3.63) is 28.8 Å². The second kappa shape index (κ2) is 10.7. The molecule has 1 amide bonds. The first-order valence-corrected chi connectivity index (χ1v) is 7.33. The van der Waals surface area contributed by atoms with Gasteiger partial charge in [0.15, 0.2) is 6.10 Å². The smallest absolute Gasteiger partial charge is 0.260 e. The van der Waals surface area contributed by atoms with Crippen molar-refractivity contribution in [1.29, 1.82) is 0 Å². The number of hydrogen-bond donors (Lipinski definition) is 2. The molecule has 1 rings (SSSR count). The first-order chi connectivity index (χ1) is 9.54. The summed E-state index contributed by atoms with van der Waals surface area (Å²) in [5.41, 5.74) is 0.931. The third-order valence-electron chi connectivity index (χ3n) is 2.84. The fourth-order valence-electron chi connectivity index (χ4n) is 1.67. The van der Waals surface area contributed by atoms with E-state index in [1.165, 1.54) is 0 Å². The summed E-state index contributed by atoms with van der Waals surface area (Å²) in [5, 5.41) is 6.75. The van der Waals surface area contributed by atoms with Crippen LogP contribution in [0.4, 0.5) is 0 Å². The fraction of sp³-hybridized carbons (Fsp3) is 0.533. The van der Waals surface area contributed by atoms with Crippen LogP contribution in [0.3, 0.4) is 0 Å². The van der Waals surface area contributed by atoms with Crippen LogP contribution in [0, 0.1) is 6.92 Å². The van der Waals surface area contributed by atoms with Crippen molar-refractivity contribution in [2.24, 2.45) is 0 Å². The normalized spacial score (nSPS) is 11.4. The maximum Gasteiger partial charge on any atom is 0.260 e. The SMILES string of the molecule is CCCNCCNC(=O)C(C)Oc1ccc(Cl)c(C)c1.Cl. The second-order valence-electron chi connectivity index (χ2n) is 4.71. The number of rotatable bonds is 8. The maximum atomic E-state index is 11.8. The number of ether oxygens (including phenoxy) is 1. The molecule has 4 nitrogen and oxygen atoms in total. The lowest BCUT2D eigenvalue weighted by Gasteiger charge is -2.15. The molecule has 1 unspecified atom stereocenters. The number of halogens is 2. The Morgan fingerprint density at radius 1 is 1.33 bits per heavy atom. The van der Waals surface area contributed by atoms with E-state index in [4.69, 9.17) is 16.3 Å². The zero-order valence-electron chi connectivity index (χ0n) is 12.7. The Bertz CT molecular complexity index is 442. The van der Waals surface area contributed by atoms with Crippen LogP contribution in [-0.4, -0.2) is 31.6 Å². The molecule has 1 aromatic carbocycles. The maximum absolute atomic E-state index is 11.8. The summed E-state index contributed by atoms with van der Waals surface area (Å²) in [6, 6.07) is 5.36. The zero-order valence-corrected chi connectivity index (χ0v) is 14.3. The standard InChI is InChI=1S/C15H23ClN2O2.ClH/c1-4-7-17-8-9-18-15(19)12(3)20-13-5-6-14(16)11(2)10-13;/h5-6,10,12,17H,4,7-9H2,1-3H3,(H,18,19);1H. The lowest BCUT2D eigenvalue weighted by molar-refractivity contribution is -0.127. The topological polar surface area (TPSA) is 50.4 Å². The predicted octanol–water partition coefficient (Wildman–Crippen LogP) is 2.95. The highest BCUT2D eigenvalue weighted by molar-refractivity contribution is 6.31. The Morgan fingerprint density at radius 3 is 2.67 bits per heavy atom. The monoisotopic (exact) mass is 334 g/mol. The molecule has 0 aromatic heterocycles. The molecule has 21 heavy (non-hydrogen) atoms. The largest absolute Gasteiger partial charge is 0.481 e. The van der Waals surface area contributed by atoms with Gasteiger partial charge in [-0.3, -0.25) is 4.79 Å². The molecule has 0 saturated heterocycles. The molecule has 0 heterocycles. The molecule has 1 aromatic rings. The van der Waals surface area contributed by atoms with Crippen molar-refractivity contribution in [1.82, 2.24) is 10.6 Å². The molecule has 120 valence electrons. The number of hydrogen-bond acceptors (Lipinski definition) is 3. The third-order valence-corrected chi connectivity index (χ3v) is 3.26. The highest BCUT2D eigenvalue weighted by Crippen LogP contribution is 2.21. The number of amides is 1. The van der Waals surface area contributed by atoms with Crippen molar-refractivity contribution in [3.8, 4) is 5.75 Å². The average molecular weight is 335 g/mol. The molecule has 0 saturated carbocycles. The fourth-order valence-corrected chi connectivity index (χ4v) is 1.79. The Hall–Kier alpha value is -0.970. The minimum absolute atomic E-state index is 0. The van der Waals surface area contributed by atoms with Crippen LogP contribution in [0.5, 0.6) is 5.75 Å². The molecule has 2 N–H and O–H groups in total. The highest BCUT2D eigenvalue weighted by atomic mass is 35.5. The molecule has 0 aliphatic rings. The number of carbonyl (C=O) groups is 1. The van der Waals surface area contributed by atoms with Gasteiger partial charge in [0.05, 0.1) is 0 Å². The van der Waals surface area contributed by atoms with Crippen LogP contribution in [0.2, 0.25) is 5.02 Å². The lowest BCUT2D eigenvalue weighted by Crippen LogP contribution is -2.39. The van der Waals surface area contributed by atoms with Crippen LogP contribution < -0.4 is 15.4 Å². The summed E-state index contributed by atoms with van der Waals surface area (Å²) in [6.45, 7) is 8.08. The lowest BCUT2D eigenvalue weighted by atomic mass is 10.2. The summed E-state index contributed by atoms with van der Waals surface area (Å²) >= 11 is 5.95. The minimum atomic E-state index is -0.526. The first-order valence-electron chi connectivity index (χ1n) is 6.95. The molecule has 0 bridgehead atoms. The average Bonchev–Trinajstić information content (AvgIpc) is 2.42. The first kappa shape index (κ1) is 20.0. The van der Waals surface area contributed by atoms with Crippen LogP contribution in [0.1, 0.15) is 25.8 Å². The summed E-state index contributed by atoms with van der Waals surface area (Å²) < 4.78 is 5.60. The molecule has 0 spiro atoms. The van der Waals surface area contributed by atoms with E-state index in [9.17, 15) is 4.79 Å². The molecule has 0 aliphatic carbocycles. The molecule has 0 aliphatic heterocycles. The van der Waals surface area contributed by atoms with Crippen LogP contribution in [0.25, 0.3) is 0 Å². The molecular weight excluding hydrogens is 311 g/mol. The number of benzene rings is 1. The summed E-state index contributed by atoms with van der Waals surface area (Å²) in [4.78, 5) is 11.8. The summed E-state index contributed by atoms with van der Waals surface area (Å²) in [6.07, 6.45) is 0.561. The second-order valence-corrected chi connectivity index (χ2v) is 5.12. The van der Waals surface area contributed by atoms with Crippen LogP contribution >= 0.6 is 24.0 Å². The van der Waals surface area contributed by atoms with Crippen molar-refractivity contribution in [3.63, 3.8) is 0 Å². The van der Waals surface area contributed by atoms with Gasteiger partial charge in [0.2, 0.25) is 0 Å². The van der Waals surface area contributed by atoms with Crippen LogP contribution in [0.15, 0.2) is 18.2 Å². The van der Waals surface area contributed by atoms with Gasteiger partial charge in [-0.1, -0.05) is 18.5 Å². The van der Waals surface area contributed by atoms with E-state index in [2.05, 4.69) is 17.6 Å². The number of aryl methyl sites for hydroxylation is 1. The highest BCUT2D eigenvalue weighted by Gasteiger charge is 2.14. The van der Waals surface area contributed by atoms with Gasteiger partial charge in [-0.05, 0) is 50.6 Å². The van der Waals surface area contributed by atoms with Gasteiger partial charge in [-0.2, -0.15) is 0 Å². The van der Waals surface area contributed by atoms with Gasteiger partial charge in [-0.15, -0.1) is 12.4 Å². The number of nitrogens with one attached hydrogen (secondary N) is 2. The Kier molecular flexibility index (Phi) is 10.2. The van der Waals surface area contributed by atoms with Crippen molar-refractivity contribution in [2.75, 3.05) is 19.6 Å². The van der Waals surface area contributed by atoms with Crippen molar-refractivity contribution < 1.29 is 9.53 Å². The van der Waals surface area contributed by atoms with E-state index in [-0.39, 0.29) is 18.3 Å². The van der Waals surface area contributed by atoms with Gasteiger partial charge in [0, 0.05) is 18.1 Å². The van der Waals surface area contributed by atoms with E-state index < -0.39 is 6.10 Å². The van der Waals surface area contributed by atoms with E-state index in [0.29, 0.717) is 17.3 Å². The zero-order chi connectivity index (χ0) is 15.0. The van der Waals surface area contributed by atoms with E-state index in [1.807, 2.05) is 13.0 Å². The van der Waals surface area contributed by atoms with E-state index in [0.717, 1.165) is 25.1 Å². The van der Waals surface area contributed by atoms with Crippen molar-refractivity contribution in [2.45, 2.75) is 33.3 Å². The van der Waals surface area contributed by atoms with Gasteiger partial charge >= 0.3 is 0 Å². The van der Waals surface area contributed by atoms with Crippen molar-refractivity contribution >= 4 is 29.9 Å². The van der Waals surface area contributed by atoms with E-state index >= 15 is 0 Å². The molecule has 1 atom stereocenters. The number of carbonyl (C=O) groups excluding carboxylic acids is 1. The Balaban J connectivity index is 0.00000400. The minimum Gasteiger partial charge on any atom is -0.481 e.